The van der Waals surface area contributed by atoms with Gasteiger partial charge in [-0.2, -0.15) is 11.8 Å². The fraction of sp³-hybridized carbons (Fsp3) is 0.500. The monoisotopic (exact) mass is 623 g/mol. The molecule has 0 saturated heterocycles. The molecule has 0 heterocycles. The van der Waals surface area contributed by atoms with E-state index in [1.54, 1.807) is 24.9 Å². The molecule has 0 aliphatic heterocycles. The van der Waals surface area contributed by atoms with Crippen LogP contribution in [0.3, 0.4) is 0 Å². The van der Waals surface area contributed by atoms with Gasteiger partial charge in [0, 0.05) is 72.6 Å². The Balaban J connectivity index is 0. The number of carbonyl (C=O) groups is 2. The molecule has 1 atom stereocenters. The van der Waals surface area contributed by atoms with Crippen LogP contribution in [-0.4, -0.2) is 48.0 Å². The number of ether oxygens (including phenoxy) is 1. The number of nitrogens with one attached hydrogen (secondary N) is 1. The third kappa shape index (κ3) is 7.61. The van der Waals surface area contributed by atoms with Crippen molar-refractivity contribution in [1.29, 1.82) is 0 Å². The Morgan fingerprint density at radius 1 is 1.42 bits per heavy atom. The second-order valence-electron chi connectivity index (χ2n) is 5.68. The number of thioether (sulfide) groups is 1. The zero-order valence-electron chi connectivity index (χ0n) is 16.2. The third-order valence-corrected chi connectivity index (χ3v) is 4.52. The van der Waals surface area contributed by atoms with Crippen molar-refractivity contribution in [1.82, 2.24) is 10.2 Å². The van der Waals surface area contributed by atoms with Gasteiger partial charge in [-0.25, -0.2) is 0 Å². The second kappa shape index (κ2) is 13.3. The van der Waals surface area contributed by atoms with E-state index in [2.05, 4.69) is 18.3 Å². The summed E-state index contributed by atoms with van der Waals surface area (Å²) in [7, 11) is 3.22. The van der Waals surface area contributed by atoms with E-state index in [4.69, 9.17) is 4.74 Å². The first-order valence-electron chi connectivity index (χ1n) is 7.86. The number of rotatable bonds is 7. The summed E-state index contributed by atoms with van der Waals surface area (Å²) in [6.07, 6.45) is 0. The maximum Gasteiger partial charge on any atom is 0.226 e. The van der Waals surface area contributed by atoms with Gasteiger partial charge in [-0.15, -0.1) is 17.7 Å². The Bertz CT molecular complexity index is 614. The first-order valence-corrected chi connectivity index (χ1v) is 8.91. The molecule has 26 heavy (non-hydrogen) atoms. The minimum absolute atomic E-state index is 0. The van der Waals surface area contributed by atoms with Gasteiger partial charge in [0.25, 0.3) is 0 Å². The molecule has 0 fully saturated rings. The summed E-state index contributed by atoms with van der Waals surface area (Å²) in [4.78, 5) is 27.1. The number of methoxy groups -OCH3 is 1. The van der Waals surface area contributed by atoms with Crippen LogP contribution in [-0.2, 0) is 53.8 Å². The van der Waals surface area contributed by atoms with Crippen molar-refractivity contribution in [3.63, 3.8) is 0 Å². The Hall–Kier alpha value is 0.102. The molecule has 0 aliphatic carbocycles. The molecular weight excluding hydrogens is 597 g/mol. The van der Waals surface area contributed by atoms with E-state index in [-0.39, 0.29) is 82.6 Å². The van der Waals surface area contributed by atoms with Crippen LogP contribution in [0.15, 0.2) is 6.07 Å². The number of nitrogens with zero attached hydrogens (tertiary/aromatic N) is 1. The fourth-order valence-electron chi connectivity index (χ4n) is 2.13. The van der Waals surface area contributed by atoms with Crippen LogP contribution in [0.4, 0.5) is 0 Å². The van der Waals surface area contributed by atoms with Crippen molar-refractivity contribution in [3.05, 3.63) is 35.7 Å². The molecule has 0 aromatic heterocycles. The third-order valence-electron chi connectivity index (χ3n) is 3.66. The van der Waals surface area contributed by atoms with Crippen LogP contribution < -0.4 is 10.1 Å². The van der Waals surface area contributed by atoms with Gasteiger partial charge in [0.2, 0.25) is 5.91 Å². The van der Waals surface area contributed by atoms with Gasteiger partial charge in [0.1, 0.15) is 0 Å². The zero-order valence-corrected chi connectivity index (χ0v) is 22.8. The van der Waals surface area contributed by atoms with Gasteiger partial charge in [0.15, 0.2) is 5.91 Å². The van der Waals surface area contributed by atoms with Crippen LogP contribution >= 0.6 is 11.8 Å². The first-order chi connectivity index (χ1) is 11.2. The molecule has 0 bridgehead atoms. The number of aryl methyl sites for hydroxylation is 1. The van der Waals surface area contributed by atoms with Gasteiger partial charge < -0.3 is 21.9 Å². The molecule has 2 amide bonds. The maximum atomic E-state index is 12.8. The Kier molecular flexibility index (Phi) is 14.5. The van der Waals surface area contributed by atoms with Crippen molar-refractivity contribution in [3.8, 4) is 5.75 Å². The van der Waals surface area contributed by atoms with Crippen molar-refractivity contribution >= 4 is 23.6 Å². The van der Waals surface area contributed by atoms with Gasteiger partial charge in [0.05, 0.1) is 7.11 Å². The van der Waals surface area contributed by atoms with Crippen molar-refractivity contribution in [2.75, 3.05) is 19.9 Å². The zero-order chi connectivity index (χ0) is 18.4. The quantitative estimate of drug-likeness (QED) is 0.376. The van der Waals surface area contributed by atoms with E-state index < -0.39 is 0 Å². The van der Waals surface area contributed by atoms with Crippen molar-refractivity contribution < 1.29 is 68.1 Å². The summed E-state index contributed by atoms with van der Waals surface area (Å²) >= 11 is 1.52. The topological polar surface area (TPSA) is 58.6 Å². The minimum Gasteiger partial charge on any atom is -0.523 e. The summed E-state index contributed by atoms with van der Waals surface area (Å²) in [5.41, 5.74) is 1.21. The van der Waals surface area contributed by atoms with E-state index in [1.807, 2.05) is 20.8 Å². The van der Waals surface area contributed by atoms with Gasteiger partial charge in [-0.3, -0.25) is 9.59 Å². The molecule has 1 aromatic rings. The standard InChI is InChI=1S/C18H26N2O3S.W.Y/c1-8-24-13(5)19-17(21)15-10-14(23-7)9-12(4)16(15)18(22)20(6)11(2)3;;/h10-11,13H,5,8H2,1-4,6-7H3,(H,19,21);;/q-2;;/t13-;;/m1../s1. The van der Waals surface area contributed by atoms with Crippen LogP contribution in [0, 0.1) is 19.9 Å². The minimum atomic E-state index is -0.341. The molecular formula is C18H26N2O3SWY-2. The van der Waals surface area contributed by atoms with Crippen LogP contribution in [0.5, 0.6) is 5.75 Å². The summed E-state index contributed by atoms with van der Waals surface area (Å²) in [5.74, 6) is 0.702. The summed E-state index contributed by atoms with van der Waals surface area (Å²) in [5, 5.41) is 2.52. The van der Waals surface area contributed by atoms with E-state index in [9.17, 15) is 9.59 Å². The first kappa shape index (κ1) is 28.3. The second-order valence-corrected chi connectivity index (χ2v) is 7.16. The van der Waals surface area contributed by atoms with Gasteiger partial charge >= 0.3 is 0 Å². The molecule has 1 rings (SSSR count). The number of amides is 2. The van der Waals surface area contributed by atoms with Crippen molar-refractivity contribution in [2.24, 2.45) is 0 Å². The molecule has 0 spiro atoms. The summed E-state index contributed by atoms with van der Waals surface area (Å²) in [6, 6.07) is 4.57. The summed E-state index contributed by atoms with van der Waals surface area (Å²) in [6.45, 7) is 11.5. The van der Waals surface area contributed by atoms with E-state index >= 15 is 0 Å². The maximum absolute atomic E-state index is 12.8. The molecule has 1 aromatic carbocycles. The van der Waals surface area contributed by atoms with Crippen LogP contribution in [0.25, 0.3) is 0 Å². The molecule has 0 aliphatic rings. The van der Waals surface area contributed by atoms with E-state index in [0.29, 0.717) is 16.9 Å². The smallest absolute Gasteiger partial charge is 0.226 e. The predicted molar refractivity (Wildman–Crippen MR) is 98.5 cm³/mol. The van der Waals surface area contributed by atoms with E-state index in [0.717, 1.165) is 5.75 Å². The molecule has 1 radical (unpaired) electrons. The Labute approximate surface area is 200 Å². The van der Waals surface area contributed by atoms with Gasteiger partial charge in [-0.1, -0.05) is 25.0 Å². The van der Waals surface area contributed by atoms with Crippen LogP contribution in [0.1, 0.15) is 47.1 Å². The molecule has 143 valence electrons. The molecule has 1 N–H and O–H groups in total. The molecule has 0 unspecified atom stereocenters. The average Bonchev–Trinajstić information content (AvgIpc) is 2.52. The van der Waals surface area contributed by atoms with Crippen molar-refractivity contribution in [2.45, 2.75) is 39.1 Å². The normalized spacial score (nSPS) is 11.1. The molecule has 0 saturated carbocycles. The number of benzene rings is 1. The SMILES string of the molecule is [CH2-][C@H](NC(=O)c1cc(OC)[c-]c(C)c1C(=O)N(C)C(C)C)SCC.[W].[Y]. The van der Waals surface area contributed by atoms with Crippen LogP contribution in [0.2, 0.25) is 0 Å². The van der Waals surface area contributed by atoms with Gasteiger partial charge in [-0.05, 0) is 25.0 Å². The summed E-state index contributed by atoms with van der Waals surface area (Å²) < 4.78 is 5.20. The predicted octanol–water partition coefficient (Wildman–Crippen LogP) is 2.92. The molecule has 5 nitrogen and oxygen atoms in total. The van der Waals surface area contributed by atoms with E-state index in [1.165, 1.54) is 18.9 Å². The largest absolute Gasteiger partial charge is 0.523 e. The number of hydrogen-bond acceptors (Lipinski definition) is 4. The number of hydrogen-bond donors (Lipinski definition) is 1. The Morgan fingerprint density at radius 2 is 2.00 bits per heavy atom. The fourth-order valence-corrected chi connectivity index (χ4v) is 2.72. The number of carbonyl (C=O) groups excluding carboxylic acids is 2. The Morgan fingerprint density at radius 3 is 2.46 bits per heavy atom. The average molecular weight is 623 g/mol. The molecule has 8 heteroatoms.